The van der Waals surface area contributed by atoms with Crippen molar-refractivity contribution in [1.29, 1.82) is 0 Å². The number of hydrogen-bond donors (Lipinski definition) is 1. The van der Waals surface area contributed by atoms with Crippen LogP contribution in [0, 0.1) is 0 Å². The zero-order valence-corrected chi connectivity index (χ0v) is 11.4. The maximum Gasteiger partial charge on any atom is 0.327 e. The maximum atomic E-state index is 12.0. The molecule has 1 N–H and O–H groups in total. The van der Waals surface area contributed by atoms with Crippen molar-refractivity contribution in [2.45, 2.75) is 19.9 Å². The average molecular weight is 263 g/mol. The van der Waals surface area contributed by atoms with E-state index in [1.54, 1.807) is 11.3 Å². The first-order valence-electron chi connectivity index (χ1n) is 6.14. The molecule has 0 bridgehead atoms. The second-order valence-corrected chi connectivity index (χ2v) is 4.84. The lowest BCUT2D eigenvalue weighted by Gasteiger charge is -2.15. The highest BCUT2D eigenvalue weighted by molar-refractivity contribution is 7.17. The lowest BCUT2D eigenvalue weighted by atomic mass is 10.1. The summed E-state index contributed by atoms with van der Waals surface area (Å²) in [7, 11) is 0. The van der Waals surface area contributed by atoms with Gasteiger partial charge in [0.1, 0.15) is 6.04 Å². The summed E-state index contributed by atoms with van der Waals surface area (Å²) >= 11 is 1.66. The molecule has 0 spiro atoms. The minimum atomic E-state index is -0.369. The van der Waals surface area contributed by atoms with Crippen LogP contribution in [-0.4, -0.2) is 19.1 Å². The predicted octanol–water partition coefficient (Wildman–Crippen LogP) is 3.12. The van der Waals surface area contributed by atoms with E-state index in [-0.39, 0.29) is 12.0 Å². The Bertz CT molecular complexity index is 535. The molecule has 1 heterocycles. The van der Waals surface area contributed by atoms with Crippen molar-refractivity contribution in [3.63, 3.8) is 0 Å². The summed E-state index contributed by atoms with van der Waals surface area (Å²) < 4.78 is 6.33. The molecule has 18 heavy (non-hydrogen) atoms. The molecule has 4 heteroatoms. The van der Waals surface area contributed by atoms with Crippen LogP contribution in [0.5, 0.6) is 0 Å². The molecule has 2 rings (SSSR count). The Morgan fingerprint density at radius 1 is 1.39 bits per heavy atom. The first-order valence-corrected chi connectivity index (χ1v) is 7.02. The van der Waals surface area contributed by atoms with Gasteiger partial charge < -0.3 is 10.1 Å². The highest BCUT2D eigenvalue weighted by atomic mass is 32.1. The van der Waals surface area contributed by atoms with E-state index in [1.807, 2.05) is 37.4 Å². The highest BCUT2D eigenvalue weighted by Crippen LogP contribution is 2.30. The number of likely N-dealkylation sites (N-methyl/N-ethyl adjacent to an activating group) is 1. The number of carbonyl (C=O) groups is 1. The van der Waals surface area contributed by atoms with Crippen molar-refractivity contribution in [3.8, 4) is 0 Å². The maximum absolute atomic E-state index is 12.0. The van der Waals surface area contributed by atoms with Crippen LogP contribution in [0.25, 0.3) is 10.1 Å². The van der Waals surface area contributed by atoms with E-state index >= 15 is 0 Å². The molecule has 0 radical (unpaired) electrons. The van der Waals surface area contributed by atoms with Gasteiger partial charge in [0.25, 0.3) is 0 Å². The third kappa shape index (κ3) is 2.54. The van der Waals surface area contributed by atoms with E-state index in [9.17, 15) is 4.79 Å². The largest absolute Gasteiger partial charge is 0.465 e. The Labute approximate surface area is 111 Å². The Kier molecular flexibility index (Phi) is 4.33. The van der Waals surface area contributed by atoms with Crippen molar-refractivity contribution >= 4 is 27.4 Å². The quantitative estimate of drug-likeness (QED) is 0.842. The SMILES string of the molecule is CCNC(C(=O)OCC)c1csc2ccccc12. The van der Waals surface area contributed by atoms with E-state index < -0.39 is 0 Å². The van der Waals surface area contributed by atoms with E-state index in [2.05, 4.69) is 11.4 Å². The van der Waals surface area contributed by atoms with E-state index in [0.29, 0.717) is 6.61 Å². The summed E-state index contributed by atoms with van der Waals surface area (Å²) in [4.78, 5) is 12.0. The summed E-state index contributed by atoms with van der Waals surface area (Å²) in [5.41, 5.74) is 1.01. The second-order valence-electron chi connectivity index (χ2n) is 3.93. The number of hydrogen-bond acceptors (Lipinski definition) is 4. The van der Waals surface area contributed by atoms with E-state index in [0.717, 1.165) is 17.5 Å². The fourth-order valence-corrected chi connectivity index (χ4v) is 2.96. The number of nitrogens with one attached hydrogen (secondary N) is 1. The van der Waals surface area contributed by atoms with Crippen LogP contribution in [-0.2, 0) is 9.53 Å². The molecule has 3 nitrogen and oxygen atoms in total. The molecule has 0 aliphatic rings. The number of fused-ring (bicyclic) bond motifs is 1. The van der Waals surface area contributed by atoms with Gasteiger partial charge in [-0.15, -0.1) is 11.3 Å². The number of rotatable bonds is 5. The third-order valence-corrected chi connectivity index (χ3v) is 3.73. The molecule has 0 amide bonds. The van der Waals surface area contributed by atoms with Gasteiger partial charge in [0.05, 0.1) is 6.61 Å². The number of thiophene rings is 1. The molecule has 0 fully saturated rings. The van der Waals surface area contributed by atoms with Crippen LogP contribution in [0.3, 0.4) is 0 Å². The van der Waals surface area contributed by atoms with Crippen molar-refractivity contribution in [2.75, 3.05) is 13.2 Å². The van der Waals surface area contributed by atoms with Crippen molar-refractivity contribution < 1.29 is 9.53 Å². The summed E-state index contributed by atoms with van der Waals surface area (Å²) in [6, 6.07) is 7.75. The smallest absolute Gasteiger partial charge is 0.327 e. The molecule has 1 aromatic carbocycles. The van der Waals surface area contributed by atoms with Crippen molar-refractivity contribution in [2.24, 2.45) is 0 Å². The van der Waals surface area contributed by atoms with Gasteiger partial charge in [0, 0.05) is 4.70 Å². The van der Waals surface area contributed by atoms with Gasteiger partial charge in [-0.05, 0) is 35.9 Å². The predicted molar refractivity (Wildman–Crippen MR) is 74.9 cm³/mol. The Morgan fingerprint density at radius 3 is 2.89 bits per heavy atom. The molecule has 1 atom stereocenters. The Balaban J connectivity index is 2.38. The van der Waals surface area contributed by atoms with Crippen LogP contribution >= 0.6 is 11.3 Å². The summed E-state index contributed by atoms with van der Waals surface area (Å²) in [5, 5.41) is 6.36. The highest BCUT2D eigenvalue weighted by Gasteiger charge is 2.23. The van der Waals surface area contributed by atoms with Gasteiger partial charge in [-0.2, -0.15) is 0 Å². The van der Waals surface area contributed by atoms with Gasteiger partial charge in [-0.25, -0.2) is 4.79 Å². The first kappa shape index (κ1) is 13.1. The fourth-order valence-electron chi connectivity index (χ4n) is 1.97. The average Bonchev–Trinajstić information content (AvgIpc) is 2.80. The van der Waals surface area contributed by atoms with Crippen LogP contribution in [0.1, 0.15) is 25.5 Å². The number of ether oxygens (including phenoxy) is 1. The molecule has 1 unspecified atom stereocenters. The van der Waals surface area contributed by atoms with Gasteiger partial charge in [-0.1, -0.05) is 25.1 Å². The minimum absolute atomic E-state index is 0.206. The van der Waals surface area contributed by atoms with E-state index in [4.69, 9.17) is 4.74 Å². The molecule has 96 valence electrons. The monoisotopic (exact) mass is 263 g/mol. The molecule has 0 saturated carbocycles. The van der Waals surface area contributed by atoms with Crippen LogP contribution in [0.2, 0.25) is 0 Å². The molecular formula is C14H17NO2S. The third-order valence-electron chi connectivity index (χ3n) is 2.75. The first-order chi connectivity index (χ1) is 8.77. The number of esters is 1. The van der Waals surface area contributed by atoms with E-state index in [1.165, 1.54) is 4.70 Å². The lowest BCUT2D eigenvalue weighted by Crippen LogP contribution is -2.29. The fraction of sp³-hybridized carbons (Fsp3) is 0.357. The van der Waals surface area contributed by atoms with Gasteiger partial charge in [-0.3, -0.25) is 0 Å². The Morgan fingerprint density at radius 2 is 2.17 bits per heavy atom. The van der Waals surface area contributed by atoms with Crippen LogP contribution < -0.4 is 5.32 Å². The van der Waals surface area contributed by atoms with Crippen molar-refractivity contribution in [1.82, 2.24) is 5.32 Å². The lowest BCUT2D eigenvalue weighted by molar-refractivity contribution is -0.145. The minimum Gasteiger partial charge on any atom is -0.465 e. The van der Waals surface area contributed by atoms with Crippen molar-refractivity contribution in [3.05, 3.63) is 35.2 Å². The zero-order chi connectivity index (χ0) is 13.0. The van der Waals surface area contributed by atoms with Crippen LogP contribution in [0.15, 0.2) is 29.6 Å². The molecule has 0 saturated heterocycles. The summed E-state index contributed by atoms with van der Waals surface area (Å²) in [5.74, 6) is -0.206. The van der Waals surface area contributed by atoms with Crippen LogP contribution in [0.4, 0.5) is 0 Å². The topological polar surface area (TPSA) is 38.3 Å². The molecule has 2 aromatic rings. The normalized spacial score (nSPS) is 12.6. The number of carbonyl (C=O) groups excluding carboxylic acids is 1. The van der Waals surface area contributed by atoms with Gasteiger partial charge in [0.2, 0.25) is 0 Å². The Hall–Kier alpha value is -1.39. The molecule has 0 aliphatic carbocycles. The number of benzene rings is 1. The molecule has 1 aromatic heterocycles. The van der Waals surface area contributed by atoms with Gasteiger partial charge in [0.15, 0.2) is 0 Å². The molecule has 0 aliphatic heterocycles. The van der Waals surface area contributed by atoms with Gasteiger partial charge >= 0.3 is 5.97 Å². The standard InChI is InChI=1S/C14H17NO2S/c1-3-15-13(14(16)17-4-2)11-9-18-12-8-6-5-7-10(11)12/h5-9,13,15H,3-4H2,1-2H3. The molecular weight excluding hydrogens is 246 g/mol. The summed E-state index contributed by atoms with van der Waals surface area (Å²) in [6.07, 6.45) is 0. The summed E-state index contributed by atoms with van der Waals surface area (Å²) in [6.45, 7) is 4.95. The second kappa shape index (κ2) is 5.98. The zero-order valence-electron chi connectivity index (χ0n) is 10.6.